The minimum absolute atomic E-state index is 0.000743. The Morgan fingerprint density at radius 1 is 1.04 bits per heavy atom. The number of amides is 1. The maximum atomic E-state index is 13.2. The molecule has 1 amide bonds. The lowest BCUT2D eigenvalue weighted by Crippen LogP contribution is -2.49. The van der Waals surface area contributed by atoms with Crippen LogP contribution in [-0.4, -0.2) is 51.2 Å². The lowest BCUT2D eigenvalue weighted by Gasteiger charge is -2.37. The number of alkyl halides is 2. The van der Waals surface area contributed by atoms with Crippen molar-refractivity contribution in [2.45, 2.75) is 10.7 Å². The zero-order valence-corrected chi connectivity index (χ0v) is 16.1. The minimum atomic E-state index is -4.75. The Balaban J connectivity index is 1.77. The quantitative estimate of drug-likeness (QED) is 0.742. The molecule has 1 aliphatic rings. The maximum Gasteiger partial charge on any atom is 0.341 e. The Labute approximate surface area is 165 Å². The molecule has 10 heteroatoms. The molecule has 1 fully saturated rings. The van der Waals surface area contributed by atoms with E-state index in [2.05, 4.69) is 0 Å². The third-order valence-corrected chi connectivity index (χ3v) is 6.22. The van der Waals surface area contributed by atoms with Crippen molar-refractivity contribution in [3.63, 3.8) is 0 Å². The SMILES string of the molecule is O=C(c1ccc(F)cc1Cl)N1CCN(c2ccccc2S(=O)(=O)C(F)F)CC1. The van der Waals surface area contributed by atoms with Crippen molar-refractivity contribution >= 4 is 33.0 Å². The number of para-hydroxylation sites is 1. The molecule has 0 spiro atoms. The van der Waals surface area contributed by atoms with Gasteiger partial charge in [-0.05, 0) is 30.3 Å². The van der Waals surface area contributed by atoms with E-state index < -0.39 is 26.3 Å². The van der Waals surface area contributed by atoms with E-state index in [1.165, 1.54) is 23.1 Å². The van der Waals surface area contributed by atoms with Gasteiger partial charge in [-0.2, -0.15) is 8.78 Å². The number of halogens is 4. The second-order valence-electron chi connectivity index (χ2n) is 6.18. The van der Waals surface area contributed by atoms with E-state index in [0.717, 1.165) is 18.2 Å². The second-order valence-corrected chi connectivity index (χ2v) is 8.47. The number of hydrogen-bond acceptors (Lipinski definition) is 4. The van der Waals surface area contributed by atoms with Crippen LogP contribution in [0, 0.1) is 5.82 Å². The van der Waals surface area contributed by atoms with Gasteiger partial charge in [0.05, 0.1) is 21.2 Å². The highest BCUT2D eigenvalue weighted by Crippen LogP contribution is 2.30. The Bertz CT molecular complexity index is 993. The van der Waals surface area contributed by atoms with Crippen LogP contribution in [0.2, 0.25) is 5.02 Å². The summed E-state index contributed by atoms with van der Waals surface area (Å²) >= 11 is 5.93. The zero-order valence-electron chi connectivity index (χ0n) is 14.5. The van der Waals surface area contributed by atoms with Crippen LogP contribution in [0.1, 0.15) is 10.4 Å². The molecule has 1 aliphatic heterocycles. The van der Waals surface area contributed by atoms with Crippen LogP contribution < -0.4 is 4.90 Å². The van der Waals surface area contributed by atoms with Crippen molar-refractivity contribution in [3.8, 4) is 0 Å². The van der Waals surface area contributed by atoms with Crippen LogP contribution in [0.15, 0.2) is 47.4 Å². The molecular weight excluding hydrogens is 417 g/mol. The molecule has 0 atom stereocenters. The number of hydrogen-bond donors (Lipinski definition) is 0. The molecule has 0 N–H and O–H groups in total. The summed E-state index contributed by atoms with van der Waals surface area (Å²) in [4.78, 5) is 15.3. The molecule has 0 bridgehead atoms. The Morgan fingerprint density at radius 2 is 1.68 bits per heavy atom. The molecule has 0 aliphatic carbocycles. The van der Waals surface area contributed by atoms with Gasteiger partial charge < -0.3 is 9.80 Å². The Kier molecular flexibility index (Phi) is 5.85. The predicted octanol–water partition coefficient (Wildman–Crippen LogP) is 3.44. The van der Waals surface area contributed by atoms with Gasteiger partial charge in [0.1, 0.15) is 5.82 Å². The summed E-state index contributed by atoms with van der Waals surface area (Å²) in [6.07, 6.45) is 0. The van der Waals surface area contributed by atoms with Gasteiger partial charge in [-0.3, -0.25) is 4.79 Å². The Morgan fingerprint density at radius 3 is 2.29 bits per heavy atom. The van der Waals surface area contributed by atoms with E-state index in [1.807, 2.05) is 0 Å². The third kappa shape index (κ3) is 3.95. The normalized spacial score (nSPS) is 15.2. The summed E-state index contributed by atoms with van der Waals surface area (Å²) in [6.45, 7) is 0.964. The highest BCUT2D eigenvalue weighted by atomic mass is 35.5. The number of carbonyl (C=O) groups excluding carboxylic acids is 1. The average Bonchev–Trinajstić information content (AvgIpc) is 2.67. The van der Waals surface area contributed by atoms with E-state index >= 15 is 0 Å². The summed E-state index contributed by atoms with van der Waals surface area (Å²) in [5.41, 5.74) is 0.340. The van der Waals surface area contributed by atoms with Gasteiger partial charge in [0.15, 0.2) is 0 Å². The van der Waals surface area contributed by atoms with Gasteiger partial charge in [-0.25, -0.2) is 12.8 Å². The van der Waals surface area contributed by atoms with Gasteiger partial charge in [-0.1, -0.05) is 23.7 Å². The van der Waals surface area contributed by atoms with Crippen molar-refractivity contribution in [2.24, 2.45) is 0 Å². The predicted molar refractivity (Wildman–Crippen MR) is 99.2 cm³/mol. The van der Waals surface area contributed by atoms with E-state index in [1.54, 1.807) is 11.0 Å². The van der Waals surface area contributed by atoms with Crippen molar-refractivity contribution in [2.75, 3.05) is 31.1 Å². The summed E-state index contributed by atoms with van der Waals surface area (Å²) < 4.78 is 63.0. The fourth-order valence-corrected chi connectivity index (χ4v) is 4.24. The first kappa shape index (κ1) is 20.5. The average molecular weight is 433 g/mol. The number of sulfone groups is 1. The van der Waals surface area contributed by atoms with Crippen LogP contribution >= 0.6 is 11.6 Å². The largest absolute Gasteiger partial charge is 0.367 e. The molecule has 0 unspecified atom stereocenters. The molecule has 0 aromatic heterocycles. The van der Waals surface area contributed by atoms with E-state index in [-0.39, 0.29) is 48.4 Å². The molecule has 0 radical (unpaired) electrons. The van der Waals surface area contributed by atoms with E-state index in [4.69, 9.17) is 11.6 Å². The van der Waals surface area contributed by atoms with E-state index in [9.17, 15) is 26.4 Å². The molecule has 1 heterocycles. The highest BCUT2D eigenvalue weighted by Gasteiger charge is 2.32. The molecule has 2 aromatic carbocycles. The number of anilines is 1. The molecule has 5 nitrogen and oxygen atoms in total. The maximum absolute atomic E-state index is 13.2. The van der Waals surface area contributed by atoms with Crippen LogP contribution in [0.3, 0.4) is 0 Å². The molecule has 0 saturated carbocycles. The fourth-order valence-electron chi connectivity index (χ4n) is 3.04. The highest BCUT2D eigenvalue weighted by molar-refractivity contribution is 7.91. The molecular formula is C18H16ClF3N2O3S. The molecule has 150 valence electrons. The number of carbonyl (C=O) groups is 1. The van der Waals surface area contributed by atoms with Gasteiger partial charge in [-0.15, -0.1) is 0 Å². The van der Waals surface area contributed by atoms with Gasteiger partial charge in [0.2, 0.25) is 9.84 Å². The van der Waals surface area contributed by atoms with Crippen molar-refractivity contribution in [3.05, 3.63) is 58.9 Å². The number of nitrogens with zero attached hydrogens (tertiary/aromatic N) is 2. The van der Waals surface area contributed by atoms with Crippen LogP contribution in [-0.2, 0) is 9.84 Å². The smallest absolute Gasteiger partial charge is 0.341 e. The first-order chi connectivity index (χ1) is 13.2. The number of rotatable bonds is 4. The van der Waals surface area contributed by atoms with Gasteiger partial charge in [0, 0.05) is 26.2 Å². The molecule has 1 saturated heterocycles. The van der Waals surface area contributed by atoms with E-state index in [0.29, 0.717) is 0 Å². The minimum Gasteiger partial charge on any atom is -0.367 e. The first-order valence-corrected chi connectivity index (χ1v) is 10.2. The number of benzene rings is 2. The monoisotopic (exact) mass is 432 g/mol. The number of piperazine rings is 1. The zero-order chi connectivity index (χ0) is 20.5. The van der Waals surface area contributed by atoms with Crippen molar-refractivity contribution < 1.29 is 26.4 Å². The first-order valence-electron chi connectivity index (χ1n) is 8.32. The van der Waals surface area contributed by atoms with Crippen LogP contribution in [0.4, 0.5) is 18.9 Å². The van der Waals surface area contributed by atoms with Gasteiger partial charge in [0.25, 0.3) is 5.91 Å². The molecule has 28 heavy (non-hydrogen) atoms. The van der Waals surface area contributed by atoms with Gasteiger partial charge >= 0.3 is 5.76 Å². The standard InChI is InChI=1S/C18H16ClF3N2O3S/c19-14-11-12(20)5-6-13(14)17(25)24-9-7-23(8-10-24)15-3-1-2-4-16(15)28(26,27)18(21)22/h1-6,11,18H,7-10H2. The molecule has 3 rings (SSSR count). The fraction of sp³-hybridized carbons (Fsp3) is 0.278. The van der Waals surface area contributed by atoms with Crippen LogP contribution in [0.5, 0.6) is 0 Å². The summed E-state index contributed by atoms with van der Waals surface area (Å²) in [5.74, 6) is -4.45. The third-order valence-electron chi connectivity index (χ3n) is 4.48. The lowest BCUT2D eigenvalue weighted by atomic mass is 10.1. The van der Waals surface area contributed by atoms with Crippen LogP contribution in [0.25, 0.3) is 0 Å². The summed E-state index contributed by atoms with van der Waals surface area (Å²) in [5, 5.41) is 0.000743. The topological polar surface area (TPSA) is 57.7 Å². The second kappa shape index (κ2) is 8.00. The summed E-state index contributed by atoms with van der Waals surface area (Å²) in [6, 6.07) is 9.05. The lowest BCUT2D eigenvalue weighted by molar-refractivity contribution is 0.0746. The van der Waals surface area contributed by atoms with Crippen molar-refractivity contribution in [1.29, 1.82) is 0 Å². The molecule has 2 aromatic rings. The Hall–Kier alpha value is -2.26. The summed E-state index contributed by atoms with van der Waals surface area (Å²) in [7, 11) is -4.75. The van der Waals surface area contributed by atoms with Crippen molar-refractivity contribution in [1.82, 2.24) is 4.90 Å².